The van der Waals surface area contributed by atoms with E-state index in [4.69, 9.17) is 28.9 Å². The van der Waals surface area contributed by atoms with Crippen LogP contribution in [0.15, 0.2) is 42.7 Å². The smallest absolute Gasteiger partial charge is 0.252 e. The van der Waals surface area contributed by atoms with Gasteiger partial charge in [0.2, 0.25) is 0 Å². The monoisotopic (exact) mass is 305 g/mol. The summed E-state index contributed by atoms with van der Waals surface area (Å²) in [6, 6.07) is 8.64. The van der Waals surface area contributed by atoms with E-state index in [1.165, 1.54) is 4.68 Å². The summed E-state index contributed by atoms with van der Waals surface area (Å²) in [5.74, 6) is 0.832. The van der Waals surface area contributed by atoms with E-state index in [1.807, 2.05) is 0 Å². The standard InChI is InChI=1S/C13H9Cl2N5/c14-8-2-3-9(10(15)6-8)11-7-12(16)20(19-11)13-17-4-1-5-18-13/h1-7H,16H2. The lowest BCUT2D eigenvalue weighted by Gasteiger charge is -2.01. The highest BCUT2D eigenvalue weighted by Crippen LogP contribution is 2.30. The van der Waals surface area contributed by atoms with Crippen LogP contribution in [0, 0.1) is 0 Å². The first kappa shape index (κ1) is 12.9. The molecule has 3 rings (SSSR count). The first-order valence-electron chi connectivity index (χ1n) is 5.73. The number of hydrogen-bond acceptors (Lipinski definition) is 4. The molecular formula is C13H9Cl2N5. The molecule has 2 N–H and O–H groups in total. The SMILES string of the molecule is Nc1cc(-c2ccc(Cl)cc2Cl)nn1-c1ncccn1. The normalized spacial score (nSPS) is 10.7. The van der Waals surface area contributed by atoms with E-state index in [1.54, 1.807) is 42.7 Å². The van der Waals surface area contributed by atoms with Gasteiger partial charge >= 0.3 is 0 Å². The molecule has 0 saturated heterocycles. The predicted molar refractivity (Wildman–Crippen MR) is 79.0 cm³/mol. The molecule has 0 atom stereocenters. The van der Waals surface area contributed by atoms with Crippen molar-refractivity contribution < 1.29 is 0 Å². The van der Waals surface area contributed by atoms with Crippen LogP contribution in [-0.2, 0) is 0 Å². The van der Waals surface area contributed by atoms with Crippen molar-refractivity contribution in [3.05, 3.63) is 52.8 Å². The number of nitrogen functional groups attached to an aromatic ring is 1. The zero-order valence-electron chi connectivity index (χ0n) is 10.2. The molecule has 0 aliphatic carbocycles. The van der Waals surface area contributed by atoms with Crippen molar-refractivity contribution in [3.8, 4) is 17.2 Å². The first-order chi connectivity index (χ1) is 9.65. The molecule has 0 aliphatic heterocycles. The van der Waals surface area contributed by atoms with Gasteiger partial charge in [-0.05, 0) is 24.3 Å². The fourth-order valence-electron chi connectivity index (χ4n) is 1.79. The molecule has 2 heterocycles. The van der Waals surface area contributed by atoms with E-state index in [9.17, 15) is 0 Å². The number of rotatable bonds is 2. The van der Waals surface area contributed by atoms with Gasteiger partial charge in [0.25, 0.3) is 5.95 Å². The molecule has 0 amide bonds. The van der Waals surface area contributed by atoms with Crippen molar-refractivity contribution in [2.75, 3.05) is 5.73 Å². The topological polar surface area (TPSA) is 69.6 Å². The van der Waals surface area contributed by atoms with Gasteiger partial charge in [-0.2, -0.15) is 9.78 Å². The molecule has 1 aromatic carbocycles. The minimum Gasteiger partial charge on any atom is -0.383 e. The number of aromatic nitrogens is 4. The van der Waals surface area contributed by atoms with Gasteiger partial charge in [0.05, 0.1) is 10.7 Å². The molecule has 7 heteroatoms. The second-order valence-corrected chi connectivity index (χ2v) is 4.88. The molecule has 0 unspecified atom stereocenters. The van der Waals surface area contributed by atoms with Gasteiger partial charge in [-0.3, -0.25) is 0 Å². The van der Waals surface area contributed by atoms with Crippen molar-refractivity contribution in [1.82, 2.24) is 19.7 Å². The number of anilines is 1. The predicted octanol–water partition coefficient (Wildman–Crippen LogP) is 3.22. The second-order valence-electron chi connectivity index (χ2n) is 4.04. The largest absolute Gasteiger partial charge is 0.383 e. The number of nitrogens with zero attached hydrogens (tertiary/aromatic N) is 4. The van der Waals surface area contributed by atoms with E-state index in [0.717, 1.165) is 5.56 Å². The van der Waals surface area contributed by atoms with Gasteiger partial charge in [0.15, 0.2) is 0 Å². The molecule has 0 saturated carbocycles. The zero-order chi connectivity index (χ0) is 14.1. The first-order valence-corrected chi connectivity index (χ1v) is 6.49. The third-order valence-corrected chi connectivity index (χ3v) is 3.23. The van der Waals surface area contributed by atoms with Crippen LogP contribution in [0.4, 0.5) is 5.82 Å². The molecule has 100 valence electrons. The Morgan fingerprint density at radius 3 is 2.50 bits per heavy atom. The van der Waals surface area contributed by atoms with Crippen LogP contribution in [0.25, 0.3) is 17.2 Å². The van der Waals surface area contributed by atoms with Crippen molar-refractivity contribution in [2.45, 2.75) is 0 Å². The van der Waals surface area contributed by atoms with Crippen molar-refractivity contribution in [2.24, 2.45) is 0 Å². The Balaban J connectivity index is 2.09. The summed E-state index contributed by atoms with van der Waals surface area (Å²) in [5.41, 5.74) is 7.33. The lowest BCUT2D eigenvalue weighted by molar-refractivity contribution is 0.820. The summed E-state index contributed by atoms with van der Waals surface area (Å²) in [7, 11) is 0. The van der Waals surface area contributed by atoms with Gasteiger partial charge in [0, 0.05) is 29.0 Å². The van der Waals surface area contributed by atoms with Gasteiger partial charge in [-0.25, -0.2) is 9.97 Å². The Labute approximate surface area is 125 Å². The Hall–Kier alpha value is -2.11. The zero-order valence-corrected chi connectivity index (χ0v) is 11.7. The Morgan fingerprint density at radius 2 is 1.80 bits per heavy atom. The number of nitrogens with two attached hydrogens (primary N) is 1. The summed E-state index contributed by atoms with van der Waals surface area (Å²) >= 11 is 12.0. The van der Waals surface area contributed by atoms with Crippen LogP contribution in [0.3, 0.4) is 0 Å². The van der Waals surface area contributed by atoms with Crippen molar-refractivity contribution >= 4 is 29.0 Å². The van der Waals surface area contributed by atoms with E-state index in [0.29, 0.717) is 27.5 Å². The van der Waals surface area contributed by atoms with Crippen molar-refractivity contribution in [3.63, 3.8) is 0 Å². The number of hydrogen-bond donors (Lipinski definition) is 1. The van der Waals surface area contributed by atoms with Gasteiger partial charge in [0.1, 0.15) is 5.82 Å². The maximum absolute atomic E-state index is 6.17. The highest BCUT2D eigenvalue weighted by atomic mass is 35.5. The fraction of sp³-hybridized carbons (Fsp3) is 0. The highest BCUT2D eigenvalue weighted by molar-refractivity contribution is 6.36. The fourth-order valence-corrected chi connectivity index (χ4v) is 2.29. The molecule has 0 spiro atoms. The Kier molecular flexibility index (Phi) is 3.30. The average Bonchev–Trinajstić information content (AvgIpc) is 2.81. The maximum atomic E-state index is 6.17. The Bertz CT molecular complexity index is 755. The van der Waals surface area contributed by atoms with Crippen LogP contribution >= 0.6 is 23.2 Å². The minimum absolute atomic E-state index is 0.404. The summed E-state index contributed by atoms with van der Waals surface area (Å²) in [4.78, 5) is 8.22. The van der Waals surface area contributed by atoms with Gasteiger partial charge in [-0.15, -0.1) is 0 Å². The molecule has 0 fully saturated rings. The summed E-state index contributed by atoms with van der Waals surface area (Å²) in [5, 5.41) is 5.46. The molecule has 5 nitrogen and oxygen atoms in total. The second kappa shape index (κ2) is 5.11. The molecule has 3 aromatic rings. The molecule has 2 aromatic heterocycles. The maximum Gasteiger partial charge on any atom is 0.252 e. The highest BCUT2D eigenvalue weighted by Gasteiger charge is 2.12. The minimum atomic E-state index is 0.404. The van der Waals surface area contributed by atoms with Crippen LogP contribution in [0.5, 0.6) is 0 Å². The molecule has 0 radical (unpaired) electrons. The quantitative estimate of drug-likeness (QED) is 0.789. The van der Waals surface area contributed by atoms with Crippen LogP contribution in [0.1, 0.15) is 0 Å². The number of halogens is 2. The van der Waals surface area contributed by atoms with Crippen LogP contribution < -0.4 is 5.73 Å². The summed E-state index contributed by atoms with van der Waals surface area (Å²) < 4.78 is 1.46. The van der Waals surface area contributed by atoms with Gasteiger partial charge in [-0.1, -0.05) is 23.2 Å². The Morgan fingerprint density at radius 1 is 1.05 bits per heavy atom. The third kappa shape index (κ3) is 2.33. The van der Waals surface area contributed by atoms with E-state index >= 15 is 0 Å². The van der Waals surface area contributed by atoms with E-state index < -0.39 is 0 Å². The summed E-state index contributed by atoms with van der Waals surface area (Å²) in [6.07, 6.45) is 3.25. The lowest BCUT2D eigenvalue weighted by atomic mass is 10.1. The van der Waals surface area contributed by atoms with E-state index in [2.05, 4.69) is 15.1 Å². The molecule has 20 heavy (non-hydrogen) atoms. The molecule has 0 aliphatic rings. The van der Waals surface area contributed by atoms with Crippen LogP contribution in [-0.4, -0.2) is 19.7 Å². The lowest BCUT2D eigenvalue weighted by Crippen LogP contribution is -2.05. The van der Waals surface area contributed by atoms with Crippen LogP contribution in [0.2, 0.25) is 10.0 Å². The van der Waals surface area contributed by atoms with Crippen molar-refractivity contribution in [1.29, 1.82) is 0 Å². The third-order valence-electron chi connectivity index (χ3n) is 2.69. The number of benzene rings is 1. The summed E-state index contributed by atoms with van der Waals surface area (Å²) in [6.45, 7) is 0. The average molecular weight is 306 g/mol. The molecular weight excluding hydrogens is 297 g/mol. The van der Waals surface area contributed by atoms with E-state index in [-0.39, 0.29) is 0 Å². The van der Waals surface area contributed by atoms with Gasteiger partial charge < -0.3 is 5.73 Å². The molecule has 0 bridgehead atoms.